The van der Waals surface area contributed by atoms with Gasteiger partial charge in [-0.25, -0.2) is 4.79 Å². The maximum absolute atomic E-state index is 11.8. The van der Waals surface area contributed by atoms with Crippen LogP contribution in [0.4, 0.5) is 5.69 Å². The molecule has 1 aromatic heterocycles. The Hall–Kier alpha value is -3.43. The molecule has 0 radical (unpaired) electrons. The van der Waals surface area contributed by atoms with Crippen LogP contribution < -0.4 is 15.4 Å². The van der Waals surface area contributed by atoms with Gasteiger partial charge in [-0.2, -0.15) is 5.10 Å². The fourth-order valence-corrected chi connectivity index (χ4v) is 5.85. The van der Waals surface area contributed by atoms with Gasteiger partial charge in [0.1, 0.15) is 5.75 Å². The third-order valence-corrected chi connectivity index (χ3v) is 7.85. The predicted octanol–water partition coefficient (Wildman–Crippen LogP) is 4.05. The number of rotatable bonds is 7. The second-order valence-electron chi connectivity index (χ2n) is 9.75. The molecule has 3 aliphatic heterocycles. The van der Waals surface area contributed by atoms with Crippen molar-refractivity contribution >= 4 is 29.0 Å². The second-order valence-corrected chi connectivity index (χ2v) is 10.2. The van der Waals surface area contributed by atoms with Gasteiger partial charge in [0.2, 0.25) is 0 Å². The molecule has 4 heterocycles. The van der Waals surface area contributed by atoms with Gasteiger partial charge in [0, 0.05) is 49.0 Å². The summed E-state index contributed by atoms with van der Waals surface area (Å²) in [6.45, 7) is 2.92. The number of hydrogen-bond acceptors (Lipinski definition) is 6. The summed E-state index contributed by atoms with van der Waals surface area (Å²) in [5, 5.41) is 12.0. The number of ether oxygens (including phenoxy) is 2. The van der Waals surface area contributed by atoms with E-state index in [-0.39, 0.29) is 5.97 Å². The zero-order valence-corrected chi connectivity index (χ0v) is 22.3. The number of piperidine rings is 3. The Labute approximate surface area is 222 Å². The topological polar surface area (TPSA) is 80.7 Å². The summed E-state index contributed by atoms with van der Waals surface area (Å²) >= 11 is 5.53. The van der Waals surface area contributed by atoms with Crippen LogP contribution in [0.5, 0.6) is 5.75 Å². The van der Waals surface area contributed by atoms with E-state index in [1.807, 2.05) is 24.3 Å². The van der Waals surface area contributed by atoms with Crippen molar-refractivity contribution in [2.45, 2.75) is 24.8 Å². The number of fused-ring (bicyclic) bond motifs is 3. The van der Waals surface area contributed by atoms with Gasteiger partial charge in [0.05, 0.1) is 25.5 Å². The molecule has 3 aromatic rings. The van der Waals surface area contributed by atoms with E-state index in [2.05, 4.69) is 45.5 Å². The summed E-state index contributed by atoms with van der Waals surface area (Å²) in [6, 6.07) is 17.9. The third kappa shape index (κ3) is 5.47. The SMILES string of the molecule is COC(=O)c1cccc(NC(=S)NC[C@H]2C[C@@H]3CCN2C[C@H]3c2cc(-c3ccc(OC)cc3)nn2C)c1. The first-order valence-corrected chi connectivity index (χ1v) is 13.0. The van der Waals surface area contributed by atoms with E-state index < -0.39 is 0 Å². The Kier molecular flexibility index (Phi) is 7.43. The highest BCUT2D eigenvalue weighted by molar-refractivity contribution is 7.80. The highest BCUT2D eigenvalue weighted by Gasteiger charge is 2.41. The molecule has 3 aliphatic rings. The highest BCUT2D eigenvalue weighted by Crippen LogP contribution is 2.42. The van der Waals surface area contributed by atoms with Gasteiger partial charge in [-0.15, -0.1) is 0 Å². The molecule has 8 nitrogen and oxygen atoms in total. The molecule has 3 fully saturated rings. The fourth-order valence-electron chi connectivity index (χ4n) is 5.64. The van der Waals surface area contributed by atoms with Crippen molar-refractivity contribution in [1.29, 1.82) is 0 Å². The molecule has 194 valence electrons. The first-order chi connectivity index (χ1) is 17.9. The van der Waals surface area contributed by atoms with Gasteiger partial charge < -0.3 is 20.1 Å². The molecular formula is C28H33N5O3S. The molecule has 37 heavy (non-hydrogen) atoms. The number of benzene rings is 2. The van der Waals surface area contributed by atoms with E-state index >= 15 is 0 Å². The predicted molar refractivity (Wildman–Crippen MR) is 148 cm³/mol. The Morgan fingerprint density at radius 1 is 1.16 bits per heavy atom. The molecule has 0 amide bonds. The zero-order chi connectivity index (χ0) is 25.9. The number of esters is 1. The molecule has 2 bridgehead atoms. The molecule has 9 heteroatoms. The smallest absolute Gasteiger partial charge is 0.337 e. The van der Waals surface area contributed by atoms with Crippen LogP contribution in [0.25, 0.3) is 11.3 Å². The lowest BCUT2D eigenvalue weighted by atomic mass is 9.74. The van der Waals surface area contributed by atoms with E-state index in [4.69, 9.17) is 26.8 Å². The maximum Gasteiger partial charge on any atom is 0.337 e. The Morgan fingerprint density at radius 2 is 1.97 bits per heavy atom. The van der Waals surface area contributed by atoms with Crippen LogP contribution in [0.3, 0.4) is 0 Å². The molecule has 6 rings (SSSR count). The first kappa shape index (κ1) is 25.2. The van der Waals surface area contributed by atoms with Crippen LogP contribution in [0.1, 0.15) is 34.8 Å². The molecule has 0 spiro atoms. The van der Waals surface area contributed by atoms with Crippen LogP contribution >= 0.6 is 12.2 Å². The summed E-state index contributed by atoms with van der Waals surface area (Å²) in [5.41, 5.74) is 4.65. The van der Waals surface area contributed by atoms with Gasteiger partial charge in [-0.1, -0.05) is 6.07 Å². The van der Waals surface area contributed by atoms with Crippen molar-refractivity contribution in [3.05, 3.63) is 65.9 Å². The minimum atomic E-state index is -0.368. The lowest BCUT2D eigenvalue weighted by molar-refractivity contribution is 0.0303. The molecule has 0 aliphatic carbocycles. The maximum atomic E-state index is 11.8. The normalized spacial score (nSPS) is 22.4. The number of thiocarbonyl (C=S) groups is 1. The van der Waals surface area contributed by atoms with Crippen molar-refractivity contribution in [3.8, 4) is 17.0 Å². The van der Waals surface area contributed by atoms with E-state index in [9.17, 15) is 4.79 Å². The molecule has 4 atom stereocenters. The van der Waals surface area contributed by atoms with Gasteiger partial charge in [-0.3, -0.25) is 9.58 Å². The lowest BCUT2D eigenvalue weighted by Gasteiger charge is -2.50. The van der Waals surface area contributed by atoms with Crippen LogP contribution in [0.15, 0.2) is 54.6 Å². The summed E-state index contributed by atoms with van der Waals surface area (Å²) in [6.07, 6.45) is 2.33. The lowest BCUT2D eigenvalue weighted by Crippen LogP contribution is -2.56. The fraction of sp³-hybridized carbons (Fsp3) is 0.393. The molecule has 2 N–H and O–H groups in total. The van der Waals surface area contributed by atoms with Crippen molar-refractivity contribution in [2.75, 3.05) is 39.2 Å². The third-order valence-electron chi connectivity index (χ3n) is 7.60. The van der Waals surface area contributed by atoms with E-state index in [1.165, 1.54) is 19.2 Å². The second kappa shape index (κ2) is 10.9. The zero-order valence-electron chi connectivity index (χ0n) is 21.4. The summed E-state index contributed by atoms with van der Waals surface area (Å²) < 4.78 is 12.1. The van der Waals surface area contributed by atoms with E-state index in [0.717, 1.165) is 48.7 Å². The number of hydrogen-bond donors (Lipinski definition) is 2. The Bertz CT molecular complexity index is 1280. The minimum Gasteiger partial charge on any atom is -0.497 e. The number of nitrogens with one attached hydrogen (secondary N) is 2. The Balaban J connectivity index is 1.18. The summed E-state index contributed by atoms with van der Waals surface area (Å²) in [7, 11) is 5.11. The monoisotopic (exact) mass is 519 g/mol. The molecule has 0 saturated carbocycles. The number of aryl methyl sites for hydroxylation is 1. The van der Waals surface area contributed by atoms with Crippen molar-refractivity contribution < 1.29 is 14.3 Å². The minimum absolute atomic E-state index is 0.368. The Morgan fingerprint density at radius 3 is 2.68 bits per heavy atom. The number of aromatic nitrogens is 2. The standard InChI is InChI=1S/C28H33N5O3S/c1-32-26(15-25(31-32)18-7-9-23(35-2)10-8-18)24-17-33-12-11-19(24)14-22(33)16-29-28(37)30-21-6-4-5-20(13-21)27(34)36-3/h4-10,13,15,19,22,24H,11-12,14,16-17H2,1-3H3,(H2,29,30,37)/t19-,22+,24+/m0/s1. The summed E-state index contributed by atoms with van der Waals surface area (Å²) in [4.78, 5) is 14.4. The van der Waals surface area contributed by atoms with Gasteiger partial charge >= 0.3 is 5.97 Å². The van der Waals surface area contributed by atoms with Gasteiger partial charge in [0.15, 0.2) is 5.11 Å². The number of anilines is 1. The van der Waals surface area contributed by atoms with E-state index in [1.54, 1.807) is 19.2 Å². The average molecular weight is 520 g/mol. The number of methoxy groups -OCH3 is 2. The van der Waals surface area contributed by atoms with Gasteiger partial charge in [-0.05, 0) is 86.1 Å². The first-order valence-electron chi connectivity index (χ1n) is 12.6. The highest BCUT2D eigenvalue weighted by atomic mass is 32.1. The quantitative estimate of drug-likeness (QED) is 0.358. The van der Waals surface area contributed by atoms with Crippen LogP contribution in [-0.4, -0.2) is 65.7 Å². The molecule has 1 unspecified atom stereocenters. The van der Waals surface area contributed by atoms with Crippen molar-refractivity contribution in [2.24, 2.45) is 13.0 Å². The van der Waals surface area contributed by atoms with Crippen LogP contribution in [0, 0.1) is 5.92 Å². The van der Waals surface area contributed by atoms with Gasteiger partial charge in [0.25, 0.3) is 0 Å². The largest absolute Gasteiger partial charge is 0.497 e. The van der Waals surface area contributed by atoms with E-state index in [0.29, 0.717) is 28.6 Å². The van der Waals surface area contributed by atoms with Crippen molar-refractivity contribution in [1.82, 2.24) is 20.0 Å². The summed E-state index contributed by atoms with van der Waals surface area (Å²) in [5.74, 6) is 1.57. The number of carbonyl (C=O) groups excluding carboxylic acids is 1. The molecule has 2 aromatic carbocycles. The van der Waals surface area contributed by atoms with Crippen molar-refractivity contribution in [3.63, 3.8) is 0 Å². The van der Waals surface area contributed by atoms with Crippen LogP contribution in [0.2, 0.25) is 0 Å². The number of nitrogens with zero attached hydrogens (tertiary/aromatic N) is 3. The average Bonchev–Trinajstić information content (AvgIpc) is 3.33. The van der Waals surface area contributed by atoms with Crippen LogP contribution in [-0.2, 0) is 11.8 Å². The number of carbonyl (C=O) groups is 1. The molecule has 3 saturated heterocycles. The molecular weight excluding hydrogens is 486 g/mol.